The van der Waals surface area contributed by atoms with Crippen molar-refractivity contribution in [3.05, 3.63) is 28.8 Å². The van der Waals surface area contributed by atoms with Gasteiger partial charge in [0, 0.05) is 5.75 Å². The van der Waals surface area contributed by atoms with Crippen LogP contribution in [0.25, 0.3) is 0 Å². The summed E-state index contributed by atoms with van der Waals surface area (Å²) in [7, 11) is 1.69. The van der Waals surface area contributed by atoms with Gasteiger partial charge in [-0.3, -0.25) is 0 Å². The molecule has 1 aliphatic rings. The smallest absolute Gasteiger partial charge is 0.122 e. The number of hydrogen-bond acceptors (Lipinski definition) is 3. The number of ether oxygens (including phenoxy) is 1. The van der Waals surface area contributed by atoms with Crippen LogP contribution >= 0.6 is 11.8 Å². The zero-order valence-corrected chi connectivity index (χ0v) is 13.4. The monoisotopic (exact) mass is 280 g/mol. The van der Waals surface area contributed by atoms with Crippen molar-refractivity contribution in [2.24, 2.45) is 5.41 Å². The van der Waals surface area contributed by atoms with E-state index < -0.39 is 5.60 Å². The van der Waals surface area contributed by atoms with Crippen LogP contribution < -0.4 is 4.74 Å². The highest BCUT2D eigenvalue weighted by Gasteiger charge is 2.41. The number of thioether (sulfide) groups is 1. The van der Waals surface area contributed by atoms with E-state index in [9.17, 15) is 5.11 Å². The van der Waals surface area contributed by atoms with Gasteiger partial charge < -0.3 is 9.84 Å². The highest BCUT2D eigenvalue weighted by atomic mass is 32.2. The standard InChI is InChI=1S/C16H24O2S/c1-11-7-14(18-5)12(2)6-13(11)16(17)8-15(3,4)9-19-10-16/h6-7,17H,8-10H2,1-5H3. The van der Waals surface area contributed by atoms with E-state index in [1.165, 1.54) is 0 Å². The van der Waals surface area contributed by atoms with Gasteiger partial charge in [0.25, 0.3) is 0 Å². The molecule has 0 aliphatic carbocycles. The van der Waals surface area contributed by atoms with Gasteiger partial charge >= 0.3 is 0 Å². The van der Waals surface area contributed by atoms with Gasteiger partial charge in [-0.05, 0) is 60.3 Å². The first-order chi connectivity index (χ1) is 8.77. The van der Waals surface area contributed by atoms with Gasteiger partial charge in [0.05, 0.1) is 12.7 Å². The van der Waals surface area contributed by atoms with Crippen molar-refractivity contribution in [2.45, 2.75) is 39.7 Å². The van der Waals surface area contributed by atoms with E-state index in [-0.39, 0.29) is 5.41 Å². The SMILES string of the molecule is COc1cc(C)c(C2(O)CSCC(C)(C)C2)cc1C. The topological polar surface area (TPSA) is 29.5 Å². The van der Waals surface area contributed by atoms with Crippen molar-refractivity contribution < 1.29 is 9.84 Å². The second kappa shape index (κ2) is 5.02. The Labute approximate surface area is 120 Å². The van der Waals surface area contributed by atoms with Crippen molar-refractivity contribution in [3.8, 4) is 5.75 Å². The maximum Gasteiger partial charge on any atom is 0.122 e. The van der Waals surface area contributed by atoms with Crippen LogP contribution in [0.2, 0.25) is 0 Å². The van der Waals surface area contributed by atoms with E-state index in [4.69, 9.17) is 4.74 Å². The quantitative estimate of drug-likeness (QED) is 0.896. The lowest BCUT2D eigenvalue weighted by molar-refractivity contribution is 0.0150. The molecule has 2 rings (SSSR count). The molecule has 0 saturated carbocycles. The number of methoxy groups -OCH3 is 1. The molecular weight excluding hydrogens is 256 g/mol. The molecule has 1 saturated heterocycles. The van der Waals surface area contributed by atoms with Gasteiger partial charge in [0.2, 0.25) is 0 Å². The predicted octanol–water partition coefficient (Wildman–Crippen LogP) is 3.66. The minimum atomic E-state index is -0.715. The van der Waals surface area contributed by atoms with E-state index in [1.54, 1.807) is 7.11 Å². The third-order valence-electron chi connectivity index (χ3n) is 3.85. The average Bonchev–Trinajstić information content (AvgIpc) is 2.29. The summed E-state index contributed by atoms with van der Waals surface area (Å²) in [6.07, 6.45) is 0.819. The van der Waals surface area contributed by atoms with E-state index in [1.807, 2.05) is 24.8 Å². The lowest BCUT2D eigenvalue weighted by atomic mass is 9.77. The van der Waals surface area contributed by atoms with Crippen LogP contribution in [0.3, 0.4) is 0 Å². The molecule has 0 amide bonds. The molecule has 2 nitrogen and oxygen atoms in total. The molecule has 1 aliphatic heterocycles. The fourth-order valence-electron chi connectivity index (χ4n) is 3.07. The van der Waals surface area contributed by atoms with Gasteiger partial charge in [-0.25, -0.2) is 0 Å². The Hall–Kier alpha value is -0.670. The van der Waals surface area contributed by atoms with E-state index in [0.717, 1.165) is 40.4 Å². The zero-order valence-electron chi connectivity index (χ0n) is 12.5. The molecule has 0 radical (unpaired) electrons. The molecule has 1 atom stereocenters. The first-order valence-corrected chi connectivity index (χ1v) is 7.89. The summed E-state index contributed by atoms with van der Waals surface area (Å²) >= 11 is 1.85. The molecule has 1 fully saturated rings. The number of hydrogen-bond donors (Lipinski definition) is 1. The van der Waals surface area contributed by atoms with Gasteiger partial charge in [-0.15, -0.1) is 0 Å². The van der Waals surface area contributed by atoms with Crippen LogP contribution in [0.4, 0.5) is 0 Å². The fourth-order valence-corrected chi connectivity index (χ4v) is 4.43. The second-order valence-electron chi connectivity index (χ2n) is 6.50. The van der Waals surface area contributed by atoms with Crippen molar-refractivity contribution in [1.82, 2.24) is 0 Å². The molecule has 0 aromatic heterocycles. The molecule has 0 spiro atoms. The second-order valence-corrected chi connectivity index (χ2v) is 7.49. The summed E-state index contributed by atoms with van der Waals surface area (Å²) in [6.45, 7) is 8.56. The summed E-state index contributed by atoms with van der Waals surface area (Å²) in [5, 5.41) is 11.1. The molecule has 106 valence electrons. The zero-order chi connectivity index (χ0) is 14.3. The Bertz CT molecular complexity index is 482. The van der Waals surface area contributed by atoms with Gasteiger partial charge in [-0.2, -0.15) is 11.8 Å². The summed E-state index contributed by atoms with van der Waals surface area (Å²) in [6, 6.07) is 4.13. The lowest BCUT2D eigenvalue weighted by Gasteiger charge is -2.42. The first-order valence-electron chi connectivity index (χ1n) is 6.73. The van der Waals surface area contributed by atoms with E-state index >= 15 is 0 Å². The van der Waals surface area contributed by atoms with Crippen LogP contribution in [-0.2, 0) is 5.60 Å². The van der Waals surface area contributed by atoms with E-state index in [2.05, 4.69) is 26.8 Å². The third kappa shape index (κ3) is 2.92. The van der Waals surface area contributed by atoms with Crippen molar-refractivity contribution in [3.63, 3.8) is 0 Å². The van der Waals surface area contributed by atoms with E-state index in [0.29, 0.717) is 0 Å². The van der Waals surface area contributed by atoms with Crippen LogP contribution in [0.1, 0.15) is 37.0 Å². The molecule has 1 heterocycles. The Morgan fingerprint density at radius 2 is 1.84 bits per heavy atom. The van der Waals surface area contributed by atoms with Crippen molar-refractivity contribution >= 4 is 11.8 Å². The molecule has 1 aromatic carbocycles. The van der Waals surface area contributed by atoms with Crippen LogP contribution in [0.15, 0.2) is 12.1 Å². The van der Waals surface area contributed by atoms with Crippen LogP contribution in [-0.4, -0.2) is 23.7 Å². The largest absolute Gasteiger partial charge is 0.496 e. The summed E-state index contributed by atoms with van der Waals surface area (Å²) in [4.78, 5) is 0. The summed E-state index contributed by atoms with van der Waals surface area (Å²) in [5.41, 5.74) is 2.73. The Morgan fingerprint density at radius 3 is 2.42 bits per heavy atom. The summed E-state index contributed by atoms with van der Waals surface area (Å²) < 4.78 is 5.36. The minimum Gasteiger partial charge on any atom is -0.496 e. The number of rotatable bonds is 2. The average molecular weight is 280 g/mol. The summed E-state index contributed by atoms with van der Waals surface area (Å²) in [5.74, 6) is 2.79. The number of aryl methyl sites for hydroxylation is 2. The van der Waals surface area contributed by atoms with Crippen molar-refractivity contribution in [1.29, 1.82) is 0 Å². The predicted molar refractivity (Wildman–Crippen MR) is 82.1 cm³/mol. The molecule has 0 bridgehead atoms. The third-order valence-corrected chi connectivity index (χ3v) is 5.52. The molecule has 1 unspecified atom stereocenters. The highest BCUT2D eigenvalue weighted by molar-refractivity contribution is 7.99. The van der Waals surface area contributed by atoms with Crippen LogP contribution in [0, 0.1) is 19.3 Å². The normalized spacial score (nSPS) is 26.2. The highest BCUT2D eigenvalue weighted by Crippen LogP contribution is 2.45. The Kier molecular flexibility index (Phi) is 3.90. The number of benzene rings is 1. The Balaban J connectivity index is 2.43. The first kappa shape index (κ1) is 14.7. The van der Waals surface area contributed by atoms with Crippen molar-refractivity contribution in [2.75, 3.05) is 18.6 Å². The molecular formula is C16H24O2S. The van der Waals surface area contributed by atoms with Gasteiger partial charge in [0.1, 0.15) is 5.75 Å². The Morgan fingerprint density at radius 1 is 1.16 bits per heavy atom. The van der Waals surface area contributed by atoms with Gasteiger partial charge in [-0.1, -0.05) is 13.8 Å². The molecule has 3 heteroatoms. The fraction of sp³-hybridized carbons (Fsp3) is 0.625. The molecule has 19 heavy (non-hydrogen) atoms. The number of aliphatic hydroxyl groups is 1. The maximum absolute atomic E-state index is 11.1. The lowest BCUT2D eigenvalue weighted by Crippen LogP contribution is -2.40. The van der Waals surface area contributed by atoms with Gasteiger partial charge in [0.15, 0.2) is 0 Å². The molecule has 1 N–H and O–H groups in total. The molecule has 1 aromatic rings. The maximum atomic E-state index is 11.1. The minimum absolute atomic E-state index is 0.179. The van der Waals surface area contributed by atoms with Crippen LogP contribution in [0.5, 0.6) is 5.75 Å².